The Morgan fingerprint density at radius 3 is 2.62 bits per heavy atom. The molecule has 3 rings (SSSR count). The predicted molar refractivity (Wildman–Crippen MR) is 93.5 cm³/mol. The third-order valence-corrected chi connectivity index (χ3v) is 4.10. The number of carbonyl (C=O) groups is 1. The maximum absolute atomic E-state index is 12.2. The molecule has 24 heavy (non-hydrogen) atoms. The zero-order valence-corrected chi connectivity index (χ0v) is 14.8. The Bertz CT molecular complexity index is 717. The summed E-state index contributed by atoms with van der Waals surface area (Å²) >= 11 is 3.36. The van der Waals surface area contributed by atoms with Crippen LogP contribution in [0.3, 0.4) is 0 Å². The summed E-state index contributed by atoms with van der Waals surface area (Å²) in [6, 6.07) is 13.0. The van der Waals surface area contributed by atoms with Crippen LogP contribution in [-0.2, 0) is 11.3 Å². The summed E-state index contributed by atoms with van der Waals surface area (Å²) in [6.07, 6.45) is -0.580. The first-order valence-corrected chi connectivity index (χ1v) is 8.49. The number of amides is 1. The fourth-order valence-corrected chi connectivity index (χ4v) is 2.57. The Morgan fingerprint density at radius 1 is 1.17 bits per heavy atom. The number of rotatable bonds is 5. The van der Waals surface area contributed by atoms with Gasteiger partial charge in [0.2, 0.25) is 0 Å². The lowest BCUT2D eigenvalue weighted by molar-refractivity contribution is -0.127. The smallest absolute Gasteiger partial charge is 0.261 e. The lowest BCUT2D eigenvalue weighted by Gasteiger charge is -2.19. The van der Waals surface area contributed by atoms with Gasteiger partial charge >= 0.3 is 0 Å². The summed E-state index contributed by atoms with van der Waals surface area (Å²) in [5.41, 5.74) is 0.948. The number of ether oxygens (including phenoxy) is 3. The van der Waals surface area contributed by atoms with Crippen LogP contribution in [0.15, 0.2) is 46.9 Å². The molecule has 1 amide bonds. The molecule has 1 aliphatic heterocycles. The Morgan fingerprint density at radius 2 is 1.88 bits per heavy atom. The molecular formula is C18H18BrNO4. The highest BCUT2D eigenvalue weighted by atomic mass is 79.9. The van der Waals surface area contributed by atoms with E-state index in [0.29, 0.717) is 31.3 Å². The van der Waals surface area contributed by atoms with E-state index in [1.165, 1.54) is 0 Å². The second kappa shape index (κ2) is 7.57. The van der Waals surface area contributed by atoms with Gasteiger partial charge in [0.25, 0.3) is 5.91 Å². The summed E-state index contributed by atoms with van der Waals surface area (Å²) in [5, 5.41) is 2.87. The van der Waals surface area contributed by atoms with Crippen LogP contribution in [0, 0.1) is 0 Å². The van der Waals surface area contributed by atoms with Gasteiger partial charge in [0.15, 0.2) is 17.6 Å². The van der Waals surface area contributed by atoms with Crippen LogP contribution >= 0.6 is 15.9 Å². The molecular weight excluding hydrogens is 374 g/mol. The summed E-state index contributed by atoms with van der Waals surface area (Å²) < 4.78 is 17.6. The second-order valence-corrected chi connectivity index (χ2v) is 6.33. The van der Waals surface area contributed by atoms with Crippen LogP contribution in [0.1, 0.15) is 12.5 Å². The van der Waals surface area contributed by atoms with Crippen molar-refractivity contribution < 1.29 is 19.0 Å². The Balaban J connectivity index is 1.54. The monoisotopic (exact) mass is 391 g/mol. The Labute approximate surface area is 149 Å². The summed E-state index contributed by atoms with van der Waals surface area (Å²) in [6.45, 7) is 3.24. The highest BCUT2D eigenvalue weighted by molar-refractivity contribution is 9.10. The number of fused-ring (bicyclic) bond motifs is 1. The average molecular weight is 392 g/mol. The van der Waals surface area contributed by atoms with Gasteiger partial charge in [-0.25, -0.2) is 0 Å². The molecule has 0 aliphatic carbocycles. The van der Waals surface area contributed by atoms with Crippen LogP contribution in [0.5, 0.6) is 17.2 Å². The first-order valence-electron chi connectivity index (χ1n) is 7.70. The van der Waals surface area contributed by atoms with Crippen LogP contribution in [0.2, 0.25) is 0 Å². The Kier molecular flexibility index (Phi) is 5.25. The number of nitrogens with one attached hydrogen (secondary N) is 1. The van der Waals surface area contributed by atoms with Gasteiger partial charge in [-0.3, -0.25) is 4.79 Å². The van der Waals surface area contributed by atoms with Crippen molar-refractivity contribution in [1.29, 1.82) is 0 Å². The first kappa shape index (κ1) is 16.6. The lowest BCUT2D eigenvalue weighted by atomic mass is 10.2. The topological polar surface area (TPSA) is 56.8 Å². The molecule has 2 aromatic carbocycles. The standard InChI is InChI=1S/C18H18BrNO4/c1-12(24-15-5-3-14(19)4-6-15)18(21)20-11-13-2-7-16-17(10-13)23-9-8-22-16/h2-7,10,12H,8-9,11H2,1H3,(H,20,21). The van der Waals surface area contributed by atoms with Crippen molar-refractivity contribution in [3.8, 4) is 17.2 Å². The molecule has 2 aromatic rings. The van der Waals surface area contributed by atoms with Crippen LogP contribution in [0.25, 0.3) is 0 Å². The predicted octanol–water partition coefficient (Wildman–Crippen LogP) is 3.30. The molecule has 0 bridgehead atoms. The van der Waals surface area contributed by atoms with Gasteiger partial charge in [-0.1, -0.05) is 22.0 Å². The number of carbonyl (C=O) groups excluding carboxylic acids is 1. The zero-order valence-electron chi connectivity index (χ0n) is 13.3. The summed E-state index contributed by atoms with van der Waals surface area (Å²) in [4.78, 5) is 12.2. The SMILES string of the molecule is CC(Oc1ccc(Br)cc1)C(=O)NCc1ccc2c(c1)OCCO2. The fourth-order valence-electron chi connectivity index (χ4n) is 2.30. The number of hydrogen-bond donors (Lipinski definition) is 1. The van der Waals surface area contributed by atoms with E-state index >= 15 is 0 Å². The molecule has 0 spiro atoms. The van der Waals surface area contributed by atoms with E-state index < -0.39 is 6.10 Å². The molecule has 1 heterocycles. The van der Waals surface area contributed by atoms with E-state index in [0.717, 1.165) is 15.8 Å². The van der Waals surface area contributed by atoms with Crippen molar-refractivity contribution in [2.45, 2.75) is 19.6 Å². The van der Waals surface area contributed by atoms with E-state index in [1.54, 1.807) is 6.92 Å². The van der Waals surface area contributed by atoms with Gasteiger partial charge in [0.05, 0.1) is 0 Å². The molecule has 5 nitrogen and oxygen atoms in total. The molecule has 126 valence electrons. The quantitative estimate of drug-likeness (QED) is 0.849. The van der Waals surface area contributed by atoms with E-state index in [-0.39, 0.29) is 5.91 Å². The third kappa shape index (κ3) is 4.20. The third-order valence-electron chi connectivity index (χ3n) is 3.57. The van der Waals surface area contributed by atoms with Crippen molar-refractivity contribution in [2.24, 2.45) is 0 Å². The largest absolute Gasteiger partial charge is 0.486 e. The molecule has 6 heteroatoms. The molecule has 1 atom stereocenters. The van der Waals surface area contributed by atoms with E-state index in [1.807, 2.05) is 42.5 Å². The minimum absolute atomic E-state index is 0.173. The van der Waals surface area contributed by atoms with Gasteiger partial charge < -0.3 is 19.5 Å². The Hall–Kier alpha value is -2.21. The van der Waals surface area contributed by atoms with Crippen LogP contribution in [-0.4, -0.2) is 25.2 Å². The number of hydrogen-bond acceptors (Lipinski definition) is 4. The highest BCUT2D eigenvalue weighted by Gasteiger charge is 2.16. The summed E-state index contributed by atoms with van der Waals surface area (Å²) in [7, 11) is 0. The normalized spacial score (nSPS) is 13.9. The first-order chi connectivity index (χ1) is 11.6. The summed E-state index contributed by atoms with van der Waals surface area (Å²) in [5.74, 6) is 1.93. The van der Waals surface area contributed by atoms with Gasteiger partial charge in [0, 0.05) is 11.0 Å². The maximum atomic E-state index is 12.2. The minimum Gasteiger partial charge on any atom is -0.486 e. The van der Waals surface area contributed by atoms with E-state index in [9.17, 15) is 4.79 Å². The molecule has 1 aliphatic rings. The van der Waals surface area contributed by atoms with Gasteiger partial charge in [-0.15, -0.1) is 0 Å². The molecule has 0 saturated heterocycles. The van der Waals surface area contributed by atoms with E-state index in [2.05, 4.69) is 21.2 Å². The van der Waals surface area contributed by atoms with Gasteiger partial charge in [-0.05, 0) is 48.9 Å². The fraction of sp³-hybridized carbons (Fsp3) is 0.278. The van der Waals surface area contributed by atoms with Crippen molar-refractivity contribution in [1.82, 2.24) is 5.32 Å². The van der Waals surface area contributed by atoms with Gasteiger partial charge in [-0.2, -0.15) is 0 Å². The molecule has 1 N–H and O–H groups in total. The number of halogens is 1. The van der Waals surface area contributed by atoms with Gasteiger partial charge in [0.1, 0.15) is 19.0 Å². The maximum Gasteiger partial charge on any atom is 0.261 e. The molecule has 1 unspecified atom stereocenters. The number of benzene rings is 2. The van der Waals surface area contributed by atoms with Crippen LogP contribution in [0.4, 0.5) is 0 Å². The molecule has 0 fully saturated rings. The van der Waals surface area contributed by atoms with Crippen molar-refractivity contribution in [3.05, 3.63) is 52.5 Å². The zero-order chi connectivity index (χ0) is 16.9. The average Bonchev–Trinajstić information content (AvgIpc) is 2.61. The van der Waals surface area contributed by atoms with Crippen molar-refractivity contribution in [3.63, 3.8) is 0 Å². The van der Waals surface area contributed by atoms with E-state index in [4.69, 9.17) is 14.2 Å². The van der Waals surface area contributed by atoms with Crippen molar-refractivity contribution in [2.75, 3.05) is 13.2 Å². The second-order valence-electron chi connectivity index (χ2n) is 5.41. The highest BCUT2D eigenvalue weighted by Crippen LogP contribution is 2.30. The minimum atomic E-state index is -0.580. The molecule has 0 saturated carbocycles. The molecule has 0 aromatic heterocycles. The molecule has 0 radical (unpaired) electrons. The lowest BCUT2D eigenvalue weighted by Crippen LogP contribution is -2.35. The van der Waals surface area contributed by atoms with Crippen molar-refractivity contribution >= 4 is 21.8 Å². The van der Waals surface area contributed by atoms with Crippen LogP contribution < -0.4 is 19.5 Å².